The Bertz CT molecular complexity index is 654. The predicted octanol–water partition coefficient (Wildman–Crippen LogP) is 2.15. The number of hydrogen-bond acceptors (Lipinski definition) is 4. The van der Waals surface area contributed by atoms with Crippen LogP contribution >= 0.6 is 11.3 Å². The van der Waals surface area contributed by atoms with Crippen molar-refractivity contribution in [2.45, 2.75) is 20.4 Å². The number of nitrogens with zero attached hydrogens (tertiary/aromatic N) is 2. The monoisotopic (exact) mass is 331 g/mol. The summed E-state index contributed by atoms with van der Waals surface area (Å²) in [6.45, 7) is 5.54. The zero-order valence-electron chi connectivity index (χ0n) is 13.3. The number of amides is 1. The molecule has 0 unspecified atom stereocenters. The molecule has 6 nitrogen and oxygen atoms in total. The zero-order chi connectivity index (χ0) is 16.5. The van der Waals surface area contributed by atoms with Crippen molar-refractivity contribution in [3.63, 3.8) is 0 Å². The molecular weight excluding hydrogens is 310 g/mol. The molecule has 0 saturated carbocycles. The van der Waals surface area contributed by atoms with E-state index in [1.165, 1.54) is 9.75 Å². The molecule has 0 aliphatic rings. The molecule has 0 spiro atoms. The van der Waals surface area contributed by atoms with E-state index in [1.54, 1.807) is 35.9 Å². The summed E-state index contributed by atoms with van der Waals surface area (Å²) in [5.41, 5.74) is 0.666. The third-order valence-electron chi connectivity index (χ3n) is 2.90. The van der Waals surface area contributed by atoms with E-state index >= 15 is 0 Å². The van der Waals surface area contributed by atoms with E-state index in [4.69, 9.17) is 0 Å². The normalized spacial score (nSPS) is 11.1. The molecule has 0 aliphatic heterocycles. The quantitative estimate of drug-likeness (QED) is 0.560. The number of guanidine groups is 1. The van der Waals surface area contributed by atoms with Crippen molar-refractivity contribution < 1.29 is 4.79 Å². The van der Waals surface area contributed by atoms with Gasteiger partial charge in [0.1, 0.15) is 6.54 Å². The van der Waals surface area contributed by atoms with Gasteiger partial charge < -0.3 is 16.0 Å². The molecule has 2 aromatic rings. The van der Waals surface area contributed by atoms with Crippen LogP contribution in [0.25, 0.3) is 0 Å². The van der Waals surface area contributed by atoms with Gasteiger partial charge in [0.2, 0.25) is 5.91 Å². The molecule has 1 amide bonds. The topological polar surface area (TPSA) is 78.4 Å². The molecule has 2 aromatic heterocycles. The molecule has 2 rings (SSSR count). The number of pyridine rings is 1. The number of hydrogen-bond donors (Lipinski definition) is 3. The second kappa shape index (κ2) is 8.89. The van der Waals surface area contributed by atoms with E-state index in [2.05, 4.69) is 45.0 Å². The maximum atomic E-state index is 11.9. The van der Waals surface area contributed by atoms with Crippen molar-refractivity contribution in [2.24, 2.45) is 4.99 Å². The third-order valence-corrected chi connectivity index (χ3v) is 3.90. The van der Waals surface area contributed by atoms with Gasteiger partial charge in [0.25, 0.3) is 0 Å². The molecule has 0 aromatic carbocycles. The molecule has 2 heterocycles. The highest BCUT2D eigenvalue weighted by molar-refractivity contribution is 7.11. The van der Waals surface area contributed by atoms with Gasteiger partial charge in [0, 0.05) is 22.5 Å². The molecule has 7 heteroatoms. The second-order valence-electron chi connectivity index (χ2n) is 4.85. The van der Waals surface area contributed by atoms with Crippen molar-refractivity contribution >= 4 is 28.9 Å². The first-order valence-electron chi connectivity index (χ1n) is 7.44. The largest absolute Gasteiger partial charge is 0.357 e. The summed E-state index contributed by atoms with van der Waals surface area (Å²) < 4.78 is 0. The Hall–Kier alpha value is -2.41. The number of carbonyl (C=O) groups is 1. The summed E-state index contributed by atoms with van der Waals surface area (Å²) in [4.78, 5) is 22.7. The molecule has 0 saturated heterocycles. The summed E-state index contributed by atoms with van der Waals surface area (Å²) in [6.07, 6.45) is 3.26. The third kappa shape index (κ3) is 6.07. The maximum absolute atomic E-state index is 11.9. The summed E-state index contributed by atoms with van der Waals surface area (Å²) >= 11 is 1.74. The number of aliphatic imine (C=N–C) groups is 1. The minimum Gasteiger partial charge on any atom is -0.357 e. The lowest BCUT2D eigenvalue weighted by atomic mass is 10.4. The number of aryl methyl sites for hydroxylation is 1. The molecule has 0 bridgehead atoms. The minimum absolute atomic E-state index is 0.0493. The van der Waals surface area contributed by atoms with Crippen LogP contribution in [0.5, 0.6) is 0 Å². The molecule has 0 radical (unpaired) electrons. The first kappa shape index (κ1) is 17.0. The van der Waals surface area contributed by atoms with Crippen LogP contribution in [0.4, 0.5) is 5.69 Å². The first-order valence-corrected chi connectivity index (χ1v) is 8.26. The van der Waals surface area contributed by atoms with Gasteiger partial charge in [-0.3, -0.25) is 9.78 Å². The van der Waals surface area contributed by atoms with Gasteiger partial charge in [-0.2, -0.15) is 0 Å². The fraction of sp³-hybridized carbons (Fsp3) is 0.312. The van der Waals surface area contributed by atoms with Crippen LogP contribution in [-0.2, 0) is 11.3 Å². The van der Waals surface area contributed by atoms with E-state index in [9.17, 15) is 4.79 Å². The smallest absolute Gasteiger partial charge is 0.246 e. The number of nitrogens with one attached hydrogen (secondary N) is 3. The highest BCUT2D eigenvalue weighted by Crippen LogP contribution is 2.14. The van der Waals surface area contributed by atoms with E-state index in [-0.39, 0.29) is 12.5 Å². The summed E-state index contributed by atoms with van der Waals surface area (Å²) in [7, 11) is 0. The number of aromatic nitrogens is 1. The average molecular weight is 331 g/mol. The SMILES string of the molecule is CCNC(=NCC(=O)Nc1cccnc1)NCc1ccc(C)s1. The summed E-state index contributed by atoms with van der Waals surface area (Å²) in [6, 6.07) is 7.74. The van der Waals surface area contributed by atoms with Crippen LogP contribution < -0.4 is 16.0 Å². The first-order chi connectivity index (χ1) is 11.2. The Morgan fingerprint density at radius 3 is 2.83 bits per heavy atom. The lowest BCUT2D eigenvalue weighted by Crippen LogP contribution is -2.37. The minimum atomic E-state index is -0.179. The van der Waals surface area contributed by atoms with Crippen LogP contribution in [0, 0.1) is 6.92 Å². The van der Waals surface area contributed by atoms with Crippen molar-refractivity contribution in [3.05, 3.63) is 46.4 Å². The standard InChI is InChI=1S/C16H21N5OS/c1-3-18-16(19-10-14-7-6-12(2)23-14)20-11-15(22)21-13-5-4-8-17-9-13/h4-9H,3,10-11H2,1-2H3,(H,21,22)(H2,18,19,20). The fourth-order valence-corrected chi connectivity index (χ4v) is 2.71. The molecule has 122 valence electrons. The second-order valence-corrected chi connectivity index (χ2v) is 6.22. The number of thiophene rings is 1. The lowest BCUT2D eigenvalue weighted by molar-refractivity contribution is -0.114. The van der Waals surface area contributed by atoms with Gasteiger partial charge in [-0.25, -0.2) is 4.99 Å². The molecule has 23 heavy (non-hydrogen) atoms. The van der Waals surface area contributed by atoms with E-state index < -0.39 is 0 Å². The molecule has 0 atom stereocenters. The van der Waals surface area contributed by atoms with Crippen molar-refractivity contribution in [1.82, 2.24) is 15.6 Å². The summed E-state index contributed by atoms with van der Waals surface area (Å²) in [5, 5.41) is 9.11. The van der Waals surface area contributed by atoms with Gasteiger partial charge in [-0.15, -0.1) is 11.3 Å². The van der Waals surface area contributed by atoms with Gasteiger partial charge >= 0.3 is 0 Å². The average Bonchev–Trinajstić information content (AvgIpc) is 2.96. The number of rotatable bonds is 6. The Balaban J connectivity index is 1.86. The number of carbonyl (C=O) groups excluding carboxylic acids is 1. The van der Waals surface area contributed by atoms with Crippen LogP contribution in [0.3, 0.4) is 0 Å². The van der Waals surface area contributed by atoms with Gasteiger partial charge in [-0.1, -0.05) is 0 Å². The van der Waals surface area contributed by atoms with Gasteiger partial charge in [-0.05, 0) is 38.1 Å². The Kier molecular flexibility index (Phi) is 6.56. The Morgan fingerprint density at radius 2 is 2.17 bits per heavy atom. The maximum Gasteiger partial charge on any atom is 0.246 e. The van der Waals surface area contributed by atoms with Crippen molar-refractivity contribution in [3.8, 4) is 0 Å². The van der Waals surface area contributed by atoms with Crippen molar-refractivity contribution in [2.75, 3.05) is 18.4 Å². The van der Waals surface area contributed by atoms with Gasteiger partial charge in [0.05, 0.1) is 18.4 Å². The molecule has 3 N–H and O–H groups in total. The highest BCUT2D eigenvalue weighted by atomic mass is 32.1. The van der Waals surface area contributed by atoms with E-state index in [1.807, 2.05) is 6.92 Å². The van der Waals surface area contributed by atoms with Crippen LogP contribution in [0.1, 0.15) is 16.7 Å². The highest BCUT2D eigenvalue weighted by Gasteiger charge is 2.04. The Labute approximate surface area is 140 Å². The van der Waals surface area contributed by atoms with E-state index in [0.717, 1.165) is 6.54 Å². The predicted molar refractivity (Wildman–Crippen MR) is 94.7 cm³/mol. The van der Waals surface area contributed by atoms with Gasteiger partial charge in [0.15, 0.2) is 5.96 Å². The lowest BCUT2D eigenvalue weighted by Gasteiger charge is -2.10. The van der Waals surface area contributed by atoms with Crippen LogP contribution in [0.2, 0.25) is 0 Å². The zero-order valence-corrected chi connectivity index (χ0v) is 14.1. The van der Waals surface area contributed by atoms with Crippen LogP contribution in [-0.4, -0.2) is 29.9 Å². The summed E-state index contributed by atoms with van der Waals surface area (Å²) in [5.74, 6) is 0.446. The van der Waals surface area contributed by atoms with E-state index in [0.29, 0.717) is 18.2 Å². The molecule has 0 aliphatic carbocycles. The molecular formula is C16H21N5OS. The Morgan fingerprint density at radius 1 is 1.30 bits per heavy atom. The number of anilines is 1. The molecule has 0 fully saturated rings. The van der Waals surface area contributed by atoms with Crippen molar-refractivity contribution in [1.29, 1.82) is 0 Å². The van der Waals surface area contributed by atoms with Crippen LogP contribution in [0.15, 0.2) is 41.7 Å². The fourth-order valence-electron chi connectivity index (χ4n) is 1.88.